The number of aromatic amines is 1. The molecule has 29 heavy (non-hydrogen) atoms. The third-order valence-electron chi connectivity index (χ3n) is 4.89. The van der Waals surface area contributed by atoms with Crippen molar-refractivity contribution < 1.29 is 4.79 Å². The minimum Gasteiger partial charge on any atom is -0.349 e. The Hall–Kier alpha value is -3.06. The van der Waals surface area contributed by atoms with Crippen LogP contribution in [0.3, 0.4) is 0 Å². The number of carbonyl (C=O) groups excluding carboxylic acids is 1. The summed E-state index contributed by atoms with van der Waals surface area (Å²) in [4.78, 5) is 33.3. The van der Waals surface area contributed by atoms with Crippen LogP contribution >= 0.6 is 11.8 Å². The summed E-state index contributed by atoms with van der Waals surface area (Å²) in [6, 6.07) is 13.7. The lowest BCUT2D eigenvalue weighted by Gasteiger charge is -2.11. The number of para-hydroxylation sites is 1. The summed E-state index contributed by atoms with van der Waals surface area (Å²) in [7, 11) is 0. The van der Waals surface area contributed by atoms with Gasteiger partial charge in [-0.25, -0.2) is 4.98 Å². The molecule has 0 saturated carbocycles. The number of rotatable bonds is 5. The fraction of sp³-hybridized carbons (Fsp3) is 0.227. The molecule has 7 heteroatoms. The Labute approximate surface area is 172 Å². The quantitative estimate of drug-likeness (QED) is 0.384. The average Bonchev–Trinajstić information content (AvgIpc) is 3.08. The summed E-state index contributed by atoms with van der Waals surface area (Å²) in [5.41, 5.74) is 4.81. The first kappa shape index (κ1) is 19.3. The molecule has 0 fully saturated rings. The predicted molar refractivity (Wildman–Crippen MR) is 119 cm³/mol. The molecular weight excluding hydrogens is 384 g/mol. The number of amides is 1. The van der Waals surface area contributed by atoms with Crippen molar-refractivity contribution >= 4 is 45.3 Å². The summed E-state index contributed by atoms with van der Waals surface area (Å²) in [6.07, 6.45) is 0. The van der Waals surface area contributed by atoms with E-state index in [2.05, 4.69) is 10.3 Å². The first-order valence-electron chi connectivity index (χ1n) is 9.49. The number of anilines is 1. The summed E-state index contributed by atoms with van der Waals surface area (Å²) < 4.78 is 1.60. The SMILES string of the molecule is CCn1c(SCC(=O)Nc2cc(C)ccc2C)nc2c([nH]c3ccccc32)c1=O. The van der Waals surface area contributed by atoms with E-state index in [0.717, 1.165) is 27.7 Å². The molecule has 0 spiro atoms. The van der Waals surface area contributed by atoms with Gasteiger partial charge in [0.1, 0.15) is 11.0 Å². The molecule has 0 unspecified atom stereocenters. The number of fused-ring (bicyclic) bond motifs is 3. The first-order chi connectivity index (χ1) is 14.0. The monoisotopic (exact) mass is 406 g/mol. The maximum atomic E-state index is 12.9. The van der Waals surface area contributed by atoms with Crippen molar-refractivity contribution in [3.63, 3.8) is 0 Å². The third kappa shape index (κ3) is 3.65. The van der Waals surface area contributed by atoms with Gasteiger partial charge < -0.3 is 10.3 Å². The van der Waals surface area contributed by atoms with Crippen LogP contribution in [0.15, 0.2) is 52.4 Å². The van der Waals surface area contributed by atoms with Crippen molar-refractivity contribution in [2.75, 3.05) is 11.1 Å². The smallest absolute Gasteiger partial charge is 0.278 e. The molecule has 2 aromatic carbocycles. The van der Waals surface area contributed by atoms with Crippen LogP contribution in [0.1, 0.15) is 18.1 Å². The van der Waals surface area contributed by atoms with Gasteiger partial charge in [-0.1, -0.05) is 42.1 Å². The minimum atomic E-state index is -0.125. The van der Waals surface area contributed by atoms with Gasteiger partial charge in [0.15, 0.2) is 5.16 Å². The van der Waals surface area contributed by atoms with Crippen LogP contribution in [0.25, 0.3) is 21.9 Å². The van der Waals surface area contributed by atoms with Gasteiger partial charge in [0.05, 0.1) is 5.75 Å². The summed E-state index contributed by atoms with van der Waals surface area (Å²) in [6.45, 7) is 6.34. The normalized spacial score (nSPS) is 11.3. The molecule has 2 aromatic heterocycles. The van der Waals surface area contributed by atoms with Crippen LogP contribution in [0.2, 0.25) is 0 Å². The van der Waals surface area contributed by atoms with E-state index in [4.69, 9.17) is 4.98 Å². The Bertz CT molecular complexity index is 1290. The van der Waals surface area contributed by atoms with E-state index < -0.39 is 0 Å². The summed E-state index contributed by atoms with van der Waals surface area (Å²) >= 11 is 1.28. The molecule has 4 rings (SSSR count). The second-order valence-electron chi connectivity index (χ2n) is 6.99. The van der Waals surface area contributed by atoms with E-state index in [-0.39, 0.29) is 17.2 Å². The lowest BCUT2D eigenvalue weighted by Crippen LogP contribution is -2.23. The second-order valence-corrected chi connectivity index (χ2v) is 7.94. The number of carbonyl (C=O) groups is 1. The molecule has 4 aromatic rings. The highest BCUT2D eigenvalue weighted by Gasteiger charge is 2.16. The largest absolute Gasteiger partial charge is 0.349 e. The van der Waals surface area contributed by atoms with Gasteiger partial charge in [0.25, 0.3) is 5.56 Å². The maximum absolute atomic E-state index is 12.9. The van der Waals surface area contributed by atoms with Crippen LogP contribution < -0.4 is 10.9 Å². The fourth-order valence-corrected chi connectivity index (χ4v) is 4.21. The van der Waals surface area contributed by atoms with E-state index in [0.29, 0.717) is 22.7 Å². The van der Waals surface area contributed by atoms with Crippen LogP contribution in [0.5, 0.6) is 0 Å². The molecule has 148 valence electrons. The second kappa shape index (κ2) is 7.75. The van der Waals surface area contributed by atoms with Crippen molar-refractivity contribution in [3.8, 4) is 0 Å². The number of hydrogen-bond donors (Lipinski definition) is 2. The number of nitrogens with one attached hydrogen (secondary N) is 2. The van der Waals surface area contributed by atoms with Crippen molar-refractivity contribution in [2.45, 2.75) is 32.5 Å². The molecular formula is C22H22N4O2S. The highest BCUT2D eigenvalue weighted by atomic mass is 32.2. The third-order valence-corrected chi connectivity index (χ3v) is 5.87. The average molecular weight is 407 g/mol. The molecule has 1 amide bonds. The van der Waals surface area contributed by atoms with Gasteiger partial charge in [-0.3, -0.25) is 14.2 Å². The summed E-state index contributed by atoms with van der Waals surface area (Å²) in [5.74, 6) is 0.0489. The molecule has 6 nitrogen and oxygen atoms in total. The lowest BCUT2D eigenvalue weighted by molar-refractivity contribution is -0.113. The molecule has 0 atom stereocenters. The molecule has 0 saturated heterocycles. The number of aryl methyl sites for hydroxylation is 2. The van der Waals surface area contributed by atoms with Crippen LogP contribution in [-0.4, -0.2) is 26.2 Å². The number of aromatic nitrogens is 3. The van der Waals surface area contributed by atoms with Crippen molar-refractivity contribution in [3.05, 3.63) is 63.9 Å². The molecule has 0 radical (unpaired) electrons. The van der Waals surface area contributed by atoms with E-state index in [9.17, 15) is 9.59 Å². The predicted octanol–water partition coefficient (Wildman–Crippen LogP) is 4.25. The topological polar surface area (TPSA) is 79.8 Å². The van der Waals surface area contributed by atoms with Gasteiger partial charge >= 0.3 is 0 Å². The maximum Gasteiger partial charge on any atom is 0.278 e. The fourth-order valence-electron chi connectivity index (χ4n) is 3.35. The summed E-state index contributed by atoms with van der Waals surface area (Å²) in [5, 5.41) is 4.41. The van der Waals surface area contributed by atoms with Crippen LogP contribution in [0, 0.1) is 13.8 Å². The number of benzene rings is 2. The number of nitrogens with zero attached hydrogens (tertiary/aromatic N) is 2. The van der Waals surface area contributed by atoms with Crippen LogP contribution in [-0.2, 0) is 11.3 Å². The van der Waals surface area contributed by atoms with Gasteiger partial charge in [-0.15, -0.1) is 0 Å². The standard InChI is InChI=1S/C22H22N4O2S/c1-4-26-21(28)20-19(15-7-5-6-8-16(15)24-20)25-22(26)29-12-18(27)23-17-11-13(2)9-10-14(17)3/h5-11,24H,4,12H2,1-3H3,(H,23,27). The van der Waals surface area contributed by atoms with E-state index in [1.165, 1.54) is 11.8 Å². The molecule has 2 heterocycles. The van der Waals surface area contributed by atoms with E-state index >= 15 is 0 Å². The molecule has 0 bridgehead atoms. The molecule has 0 aliphatic carbocycles. The van der Waals surface area contributed by atoms with Gasteiger partial charge in [0.2, 0.25) is 5.91 Å². The van der Waals surface area contributed by atoms with Crippen molar-refractivity contribution in [2.24, 2.45) is 0 Å². The highest BCUT2D eigenvalue weighted by molar-refractivity contribution is 7.99. The molecule has 2 N–H and O–H groups in total. The van der Waals surface area contributed by atoms with E-state index in [1.807, 2.05) is 63.2 Å². The lowest BCUT2D eigenvalue weighted by atomic mass is 10.1. The Balaban J connectivity index is 1.63. The van der Waals surface area contributed by atoms with Crippen LogP contribution in [0.4, 0.5) is 5.69 Å². The number of thioether (sulfide) groups is 1. The van der Waals surface area contributed by atoms with Crippen molar-refractivity contribution in [1.29, 1.82) is 0 Å². The minimum absolute atomic E-state index is 0.119. The first-order valence-corrected chi connectivity index (χ1v) is 10.5. The molecule has 0 aliphatic heterocycles. The zero-order valence-electron chi connectivity index (χ0n) is 16.6. The highest BCUT2D eigenvalue weighted by Crippen LogP contribution is 2.25. The molecule has 0 aliphatic rings. The Kier molecular flexibility index (Phi) is 5.15. The number of H-pyrrole nitrogens is 1. The van der Waals surface area contributed by atoms with Gasteiger partial charge in [0, 0.05) is 23.1 Å². The Morgan fingerprint density at radius 2 is 2.00 bits per heavy atom. The zero-order valence-corrected chi connectivity index (χ0v) is 17.4. The van der Waals surface area contributed by atoms with Gasteiger partial charge in [-0.05, 0) is 44.0 Å². The number of hydrogen-bond acceptors (Lipinski definition) is 4. The van der Waals surface area contributed by atoms with E-state index in [1.54, 1.807) is 4.57 Å². The van der Waals surface area contributed by atoms with Gasteiger partial charge in [-0.2, -0.15) is 0 Å². The zero-order chi connectivity index (χ0) is 20.5. The Morgan fingerprint density at radius 1 is 1.21 bits per heavy atom. The van der Waals surface area contributed by atoms with Crippen molar-refractivity contribution in [1.82, 2.24) is 14.5 Å². The Morgan fingerprint density at radius 3 is 2.79 bits per heavy atom.